The van der Waals surface area contributed by atoms with Crippen molar-refractivity contribution in [3.8, 4) is 0 Å². The van der Waals surface area contributed by atoms with Crippen molar-refractivity contribution in [2.75, 3.05) is 6.61 Å². The molecule has 0 atom stereocenters. The summed E-state index contributed by atoms with van der Waals surface area (Å²) in [5, 5.41) is 9.06. The van der Waals surface area contributed by atoms with Crippen molar-refractivity contribution in [1.29, 1.82) is 0 Å². The predicted molar refractivity (Wildman–Crippen MR) is 99.3 cm³/mol. The van der Waals surface area contributed by atoms with Crippen LogP contribution >= 0.6 is 11.6 Å². The average molecular weight is 390 g/mol. The highest BCUT2D eigenvalue weighted by atomic mass is 35.5. The zero-order chi connectivity index (χ0) is 19.4. The van der Waals surface area contributed by atoms with Crippen LogP contribution in [0.1, 0.15) is 17.0 Å². The minimum atomic E-state index is -0.541. The molecule has 27 heavy (non-hydrogen) atoms. The van der Waals surface area contributed by atoms with Crippen LogP contribution in [0.5, 0.6) is 0 Å². The number of hydrogen-bond donors (Lipinski definition) is 1. The lowest BCUT2D eigenvalue weighted by Gasteiger charge is -2.08. The van der Waals surface area contributed by atoms with Crippen molar-refractivity contribution >= 4 is 29.8 Å². The zero-order valence-electron chi connectivity index (χ0n) is 14.0. The minimum Gasteiger partial charge on any atom is -0.391 e. The molecule has 0 amide bonds. The van der Waals surface area contributed by atoms with Crippen molar-refractivity contribution in [2.45, 2.75) is 6.42 Å². The van der Waals surface area contributed by atoms with E-state index in [1.54, 1.807) is 23.0 Å². The zero-order valence-corrected chi connectivity index (χ0v) is 14.7. The summed E-state index contributed by atoms with van der Waals surface area (Å²) < 4.78 is 29.2. The summed E-state index contributed by atoms with van der Waals surface area (Å²) in [5.74, 6) is -0.930. The van der Waals surface area contributed by atoms with E-state index in [9.17, 15) is 8.78 Å². The highest BCUT2D eigenvalue weighted by Crippen LogP contribution is 2.18. The van der Waals surface area contributed by atoms with Gasteiger partial charge in [-0.25, -0.2) is 28.7 Å². The molecule has 0 aliphatic rings. The van der Waals surface area contributed by atoms with Gasteiger partial charge in [0, 0.05) is 31.2 Å². The van der Waals surface area contributed by atoms with Crippen LogP contribution in [0.4, 0.5) is 8.78 Å². The second-order valence-electron chi connectivity index (χ2n) is 5.49. The molecule has 1 N–H and O–H groups in total. The summed E-state index contributed by atoms with van der Waals surface area (Å²) in [6.07, 6.45) is 6.13. The van der Waals surface area contributed by atoms with E-state index in [4.69, 9.17) is 16.7 Å². The highest BCUT2D eigenvalue weighted by Gasteiger charge is 2.14. The Bertz CT molecular complexity index is 1060. The highest BCUT2D eigenvalue weighted by molar-refractivity contribution is 6.29. The predicted octanol–water partition coefficient (Wildman–Crippen LogP) is 3.12. The first kappa shape index (κ1) is 18.8. The summed E-state index contributed by atoms with van der Waals surface area (Å²) in [5.41, 5.74) is 1.39. The van der Waals surface area contributed by atoms with Gasteiger partial charge < -0.3 is 9.51 Å². The quantitative estimate of drug-likeness (QED) is 0.538. The maximum absolute atomic E-state index is 14.0. The van der Waals surface area contributed by atoms with Crippen LogP contribution in [0.3, 0.4) is 0 Å². The molecule has 138 valence electrons. The molecular weight excluding hydrogens is 376 g/mol. The number of aromatic nitrogens is 3. The fourth-order valence-electron chi connectivity index (χ4n) is 2.44. The summed E-state index contributed by atoms with van der Waals surface area (Å²) >= 11 is 5.73. The van der Waals surface area contributed by atoms with Gasteiger partial charge in [-0.3, -0.25) is 0 Å². The SMILES string of the molecule is C=N/C(=N\C=C(\Cl)CO)c1cn2ccnc2c(Cc2cc(F)ccc2F)n1. The van der Waals surface area contributed by atoms with Gasteiger partial charge in [0.15, 0.2) is 11.5 Å². The minimum absolute atomic E-state index is 0.0234. The molecule has 3 rings (SSSR count). The molecule has 9 heteroatoms. The fraction of sp³-hybridized carbons (Fsp3) is 0.111. The summed E-state index contributed by atoms with van der Waals surface area (Å²) in [7, 11) is 0. The number of aliphatic hydroxyl groups is 1. The standard InChI is InChI=1S/C18H14ClF2N5O/c1-22-17(24-8-12(19)10-27)16-9-26-5-4-23-18(26)15(25-16)7-11-6-13(20)2-3-14(11)21/h2-6,8-9,27H,1,7,10H2/b12-8+,24-17-. The fourth-order valence-corrected chi connectivity index (χ4v) is 2.49. The number of imidazole rings is 1. The third-order valence-corrected chi connectivity index (χ3v) is 3.88. The van der Waals surface area contributed by atoms with E-state index in [0.717, 1.165) is 18.2 Å². The molecule has 0 unspecified atom stereocenters. The molecule has 0 saturated carbocycles. The molecule has 0 fully saturated rings. The molecule has 0 saturated heterocycles. The molecule has 0 radical (unpaired) electrons. The lowest BCUT2D eigenvalue weighted by Crippen LogP contribution is -2.08. The van der Waals surface area contributed by atoms with Crippen molar-refractivity contribution < 1.29 is 13.9 Å². The van der Waals surface area contributed by atoms with Gasteiger partial charge in [0.1, 0.15) is 17.3 Å². The summed E-state index contributed by atoms with van der Waals surface area (Å²) in [6, 6.07) is 3.24. The molecule has 2 aromatic heterocycles. The molecule has 0 aliphatic heterocycles. The molecule has 0 aliphatic carbocycles. The van der Waals surface area contributed by atoms with E-state index in [2.05, 4.69) is 26.7 Å². The summed E-state index contributed by atoms with van der Waals surface area (Å²) in [6.45, 7) is 3.09. The van der Waals surface area contributed by atoms with Gasteiger partial charge in [-0.05, 0) is 30.5 Å². The number of aliphatic imine (C=N–C) groups is 2. The Hall–Kier alpha value is -2.97. The molecule has 0 spiro atoms. The van der Waals surface area contributed by atoms with Gasteiger partial charge >= 0.3 is 0 Å². The van der Waals surface area contributed by atoms with E-state index < -0.39 is 11.6 Å². The normalized spacial score (nSPS) is 12.6. The number of hydrogen-bond acceptors (Lipinski definition) is 4. The molecule has 2 heterocycles. The number of nitrogens with zero attached hydrogens (tertiary/aromatic N) is 5. The number of aliphatic hydroxyl groups excluding tert-OH is 1. The third kappa shape index (κ3) is 4.24. The third-order valence-electron chi connectivity index (χ3n) is 3.67. The monoisotopic (exact) mass is 389 g/mol. The second-order valence-corrected chi connectivity index (χ2v) is 5.97. The van der Waals surface area contributed by atoms with Crippen molar-refractivity contribution in [3.63, 3.8) is 0 Å². The van der Waals surface area contributed by atoms with Crippen molar-refractivity contribution in [1.82, 2.24) is 14.4 Å². The van der Waals surface area contributed by atoms with Gasteiger partial charge in [0.05, 0.1) is 17.3 Å². The average Bonchev–Trinajstić information content (AvgIpc) is 3.14. The lowest BCUT2D eigenvalue weighted by atomic mass is 10.1. The molecule has 6 nitrogen and oxygen atoms in total. The van der Waals surface area contributed by atoms with Crippen LogP contribution in [-0.2, 0) is 6.42 Å². The Morgan fingerprint density at radius 1 is 1.37 bits per heavy atom. The number of amidine groups is 1. The molecule has 0 bridgehead atoms. The Labute approximate surface area is 158 Å². The largest absolute Gasteiger partial charge is 0.391 e. The molecular formula is C18H14ClF2N5O. The van der Waals surface area contributed by atoms with Gasteiger partial charge in [-0.15, -0.1) is 0 Å². The van der Waals surface area contributed by atoms with Gasteiger partial charge in [0.25, 0.3) is 0 Å². The van der Waals surface area contributed by atoms with E-state index in [1.807, 2.05) is 0 Å². The van der Waals surface area contributed by atoms with Crippen LogP contribution in [0, 0.1) is 11.6 Å². The topological polar surface area (TPSA) is 75.1 Å². The van der Waals surface area contributed by atoms with Crippen LogP contribution in [0.2, 0.25) is 0 Å². The maximum atomic E-state index is 14.0. The van der Waals surface area contributed by atoms with Crippen molar-refractivity contribution in [2.24, 2.45) is 9.98 Å². The Morgan fingerprint density at radius 2 is 2.19 bits per heavy atom. The van der Waals surface area contributed by atoms with Gasteiger partial charge in [0.2, 0.25) is 0 Å². The maximum Gasteiger partial charge on any atom is 0.179 e. The van der Waals surface area contributed by atoms with E-state index in [-0.39, 0.29) is 29.5 Å². The first-order valence-electron chi connectivity index (χ1n) is 7.78. The Kier molecular flexibility index (Phi) is 5.68. The summed E-state index contributed by atoms with van der Waals surface area (Å²) in [4.78, 5) is 16.5. The van der Waals surface area contributed by atoms with Crippen LogP contribution in [-0.4, -0.2) is 38.6 Å². The van der Waals surface area contributed by atoms with Gasteiger partial charge in [-0.1, -0.05) is 11.6 Å². The Morgan fingerprint density at radius 3 is 2.93 bits per heavy atom. The van der Waals surface area contributed by atoms with Gasteiger partial charge in [-0.2, -0.15) is 0 Å². The van der Waals surface area contributed by atoms with E-state index in [1.165, 1.54) is 6.20 Å². The first-order valence-corrected chi connectivity index (χ1v) is 8.16. The van der Waals surface area contributed by atoms with Crippen LogP contribution in [0.15, 0.2) is 58.0 Å². The number of benzene rings is 1. The number of fused-ring (bicyclic) bond motifs is 1. The number of rotatable bonds is 5. The van der Waals surface area contributed by atoms with Crippen LogP contribution in [0.25, 0.3) is 5.65 Å². The second kappa shape index (κ2) is 8.15. The molecule has 1 aromatic carbocycles. The first-order chi connectivity index (χ1) is 13.0. The smallest absolute Gasteiger partial charge is 0.179 e. The van der Waals surface area contributed by atoms with E-state index >= 15 is 0 Å². The Balaban J connectivity index is 2.09. The number of halogens is 3. The van der Waals surface area contributed by atoms with Crippen molar-refractivity contribution in [3.05, 3.63) is 76.6 Å². The molecule has 3 aromatic rings. The lowest BCUT2D eigenvalue weighted by molar-refractivity contribution is 0.338. The van der Waals surface area contributed by atoms with E-state index in [0.29, 0.717) is 17.0 Å². The van der Waals surface area contributed by atoms with Crippen LogP contribution < -0.4 is 0 Å².